The van der Waals surface area contributed by atoms with Gasteiger partial charge in [0.1, 0.15) is 4.90 Å². The Kier molecular flexibility index (Phi) is 8.34. The zero-order chi connectivity index (χ0) is 15.6. The molecule has 0 bridgehead atoms. The second-order valence-electron chi connectivity index (χ2n) is 4.79. The highest BCUT2D eigenvalue weighted by molar-refractivity contribution is 7.89. The van der Waals surface area contributed by atoms with Gasteiger partial charge in [0, 0.05) is 19.7 Å². The number of nitrogens with one attached hydrogen (secondary N) is 2. The van der Waals surface area contributed by atoms with Crippen LogP contribution in [-0.2, 0) is 14.8 Å². The van der Waals surface area contributed by atoms with Crippen LogP contribution in [0.15, 0.2) is 29.2 Å². The highest BCUT2D eigenvalue weighted by atomic mass is 32.2. The summed E-state index contributed by atoms with van der Waals surface area (Å²) in [6, 6.07) is 6.92. The van der Waals surface area contributed by atoms with Crippen molar-refractivity contribution in [3.63, 3.8) is 0 Å². The Bertz CT molecular complexity index is 503. The molecule has 1 aromatic carbocycles. The van der Waals surface area contributed by atoms with Crippen LogP contribution in [0, 0.1) is 0 Å². The molecule has 0 fully saturated rings. The van der Waals surface area contributed by atoms with E-state index in [4.69, 9.17) is 4.74 Å². The molecule has 0 atom stereocenters. The Morgan fingerprint density at radius 3 is 2.52 bits per heavy atom. The molecular formula is C15H26N2O3S. The van der Waals surface area contributed by atoms with Gasteiger partial charge in [0.05, 0.1) is 12.3 Å². The third-order valence-corrected chi connectivity index (χ3v) is 4.44. The third-order valence-electron chi connectivity index (χ3n) is 2.92. The topological polar surface area (TPSA) is 67.4 Å². The Balaban J connectivity index is 2.59. The average molecular weight is 314 g/mol. The molecule has 2 N–H and O–H groups in total. The maximum absolute atomic E-state index is 12.2. The maximum Gasteiger partial charge on any atom is 0.242 e. The monoisotopic (exact) mass is 314 g/mol. The van der Waals surface area contributed by atoms with Crippen molar-refractivity contribution in [1.29, 1.82) is 0 Å². The van der Waals surface area contributed by atoms with Crippen LogP contribution in [0.25, 0.3) is 0 Å². The summed E-state index contributed by atoms with van der Waals surface area (Å²) in [6.07, 6.45) is 2.92. The smallest absolute Gasteiger partial charge is 0.242 e. The van der Waals surface area contributed by atoms with Crippen LogP contribution in [0.5, 0.6) is 0 Å². The summed E-state index contributed by atoms with van der Waals surface area (Å²) in [4.78, 5) is 0.284. The summed E-state index contributed by atoms with van der Waals surface area (Å²) < 4.78 is 32.5. The minimum Gasteiger partial charge on any atom is -0.382 e. The van der Waals surface area contributed by atoms with Crippen LogP contribution >= 0.6 is 0 Å². The number of rotatable bonds is 11. The molecule has 0 saturated heterocycles. The first-order chi connectivity index (χ1) is 10.1. The van der Waals surface area contributed by atoms with Gasteiger partial charge >= 0.3 is 0 Å². The molecule has 0 aliphatic heterocycles. The van der Waals surface area contributed by atoms with E-state index in [-0.39, 0.29) is 4.90 Å². The molecule has 0 aromatic heterocycles. The molecule has 1 rings (SSSR count). The number of anilines is 1. The number of sulfonamides is 1. The zero-order valence-corrected chi connectivity index (χ0v) is 13.7. The van der Waals surface area contributed by atoms with E-state index >= 15 is 0 Å². The van der Waals surface area contributed by atoms with Gasteiger partial charge < -0.3 is 10.1 Å². The molecule has 0 radical (unpaired) electrons. The molecule has 0 spiro atoms. The predicted octanol–water partition coefficient (Wildman–Crippen LogP) is 2.60. The molecule has 0 heterocycles. The van der Waals surface area contributed by atoms with Gasteiger partial charge in [0.25, 0.3) is 0 Å². The summed E-state index contributed by atoms with van der Waals surface area (Å²) >= 11 is 0. The van der Waals surface area contributed by atoms with Crippen LogP contribution in [0.1, 0.15) is 33.1 Å². The lowest BCUT2D eigenvalue weighted by molar-refractivity contribution is 0.141. The summed E-state index contributed by atoms with van der Waals surface area (Å²) in [5, 5.41) is 3.13. The number of hydrogen-bond donors (Lipinski definition) is 2. The van der Waals surface area contributed by atoms with Gasteiger partial charge in [0.15, 0.2) is 0 Å². The molecule has 0 saturated carbocycles. The Labute approximate surface area is 128 Å². The fourth-order valence-electron chi connectivity index (χ4n) is 1.77. The average Bonchev–Trinajstić information content (AvgIpc) is 2.49. The molecular weight excluding hydrogens is 288 g/mol. The van der Waals surface area contributed by atoms with Gasteiger partial charge in [-0.2, -0.15) is 0 Å². The summed E-state index contributed by atoms with van der Waals surface area (Å²) in [7, 11) is -3.46. The van der Waals surface area contributed by atoms with Gasteiger partial charge in [-0.15, -0.1) is 0 Å². The molecule has 0 amide bonds. The summed E-state index contributed by atoms with van der Waals surface area (Å²) in [5.74, 6) is 0. The van der Waals surface area contributed by atoms with Crippen LogP contribution in [-0.4, -0.2) is 34.7 Å². The van der Waals surface area contributed by atoms with Crippen LogP contribution < -0.4 is 10.0 Å². The first-order valence-electron chi connectivity index (χ1n) is 7.52. The van der Waals surface area contributed by atoms with Gasteiger partial charge in [-0.25, -0.2) is 13.1 Å². The van der Waals surface area contributed by atoms with Gasteiger partial charge in [-0.05, 0) is 25.0 Å². The number of para-hydroxylation sites is 1. The maximum atomic E-state index is 12.2. The second kappa shape index (κ2) is 9.76. The van der Waals surface area contributed by atoms with Crippen molar-refractivity contribution in [3.05, 3.63) is 24.3 Å². The van der Waals surface area contributed by atoms with Crippen molar-refractivity contribution < 1.29 is 13.2 Å². The summed E-state index contributed by atoms with van der Waals surface area (Å²) in [6.45, 7) is 6.39. The van der Waals surface area contributed by atoms with E-state index in [2.05, 4.69) is 17.0 Å². The van der Waals surface area contributed by atoms with Gasteiger partial charge in [-0.1, -0.05) is 32.4 Å². The number of hydrogen-bond acceptors (Lipinski definition) is 4. The highest BCUT2D eigenvalue weighted by Crippen LogP contribution is 2.20. The molecule has 1 aromatic rings. The van der Waals surface area contributed by atoms with E-state index in [0.717, 1.165) is 25.9 Å². The van der Waals surface area contributed by atoms with E-state index in [9.17, 15) is 8.42 Å². The largest absolute Gasteiger partial charge is 0.382 e. The van der Waals surface area contributed by atoms with Crippen molar-refractivity contribution in [2.24, 2.45) is 0 Å². The van der Waals surface area contributed by atoms with E-state index in [0.29, 0.717) is 25.4 Å². The van der Waals surface area contributed by atoms with Crippen LogP contribution in [0.4, 0.5) is 5.69 Å². The van der Waals surface area contributed by atoms with Crippen molar-refractivity contribution in [3.8, 4) is 0 Å². The van der Waals surface area contributed by atoms with Crippen molar-refractivity contribution >= 4 is 15.7 Å². The highest BCUT2D eigenvalue weighted by Gasteiger charge is 2.16. The molecule has 0 aliphatic carbocycles. The standard InChI is InChI=1S/C15H26N2O3S/c1-3-5-12-20-13-11-16-14-8-6-7-9-15(14)21(18,19)17-10-4-2/h6-9,16-17H,3-5,10-13H2,1-2H3. The third kappa shape index (κ3) is 6.46. The minimum absolute atomic E-state index is 0.284. The van der Waals surface area contributed by atoms with Crippen molar-refractivity contribution in [1.82, 2.24) is 4.72 Å². The normalized spacial score (nSPS) is 11.5. The molecule has 5 nitrogen and oxygen atoms in total. The summed E-state index contributed by atoms with van der Waals surface area (Å²) in [5.41, 5.74) is 0.611. The predicted molar refractivity (Wildman–Crippen MR) is 86.1 cm³/mol. The van der Waals surface area contributed by atoms with Crippen molar-refractivity contribution in [2.75, 3.05) is 31.6 Å². The first-order valence-corrected chi connectivity index (χ1v) is 9.00. The van der Waals surface area contributed by atoms with Gasteiger partial charge in [-0.3, -0.25) is 0 Å². The Morgan fingerprint density at radius 1 is 1.05 bits per heavy atom. The fraction of sp³-hybridized carbons (Fsp3) is 0.600. The fourth-order valence-corrected chi connectivity index (χ4v) is 3.08. The molecule has 120 valence electrons. The quantitative estimate of drug-likeness (QED) is 0.616. The Morgan fingerprint density at radius 2 is 1.81 bits per heavy atom. The number of unbranched alkanes of at least 4 members (excludes halogenated alkanes) is 1. The Hall–Kier alpha value is -1.11. The molecule has 0 unspecified atom stereocenters. The lowest BCUT2D eigenvalue weighted by atomic mass is 10.3. The molecule has 6 heteroatoms. The zero-order valence-electron chi connectivity index (χ0n) is 12.9. The molecule has 21 heavy (non-hydrogen) atoms. The minimum atomic E-state index is -3.46. The second-order valence-corrected chi connectivity index (χ2v) is 6.52. The lowest BCUT2D eigenvalue weighted by Crippen LogP contribution is -2.25. The van der Waals surface area contributed by atoms with E-state index in [1.807, 2.05) is 13.0 Å². The van der Waals surface area contributed by atoms with Crippen molar-refractivity contribution in [2.45, 2.75) is 38.0 Å². The number of benzene rings is 1. The van der Waals surface area contributed by atoms with Gasteiger partial charge in [0.2, 0.25) is 10.0 Å². The SMILES string of the molecule is CCCCOCCNc1ccccc1S(=O)(=O)NCCC. The molecule has 0 aliphatic rings. The van der Waals surface area contributed by atoms with E-state index in [1.54, 1.807) is 18.2 Å². The lowest BCUT2D eigenvalue weighted by Gasteiger charge is -2.13. The van der Waals surface area contributed by atoms with Crippen LogP contribution in [0.2, 0.25) is 0 Å². The first kappa shape index (κ1) is 17.9. The van der Waals surface area contributed by atoms with Crippen LogP contribution in [0.3, 0.4) is 0 Å². The van der Waals surface area contributed by atoms with E-state index in [1.165, 1.54) is 0 Å². The van der Waals surface area contributed by atoms with E-state index < -0.39 is 10.0 Å². The number of ether oxygens (including phenoxy) is 1.